The molecule has 0 radical (unpaired) electrons. The van der Waals surface area contributed by atoms with Crippen LogP contribution in [0.2, 0.25) is 0 Å². The number of hydrogen-bond donors (Lipinski definition) is 3. The molecule has 0 heterocycles. The molecule has 1 saturated carbocycles. The molecule has 1 aliphatic carbocycles. The van der Waals surface area contributed by atoms with Gasteiger partial charge < -0.3 is 15.5 Å². The average Bonchev–Trinajstić information content (AvgIpc) is 2.20. The molecule has 3 heteroatoms. The van der Waals surface area contributed by atoms with Crippen LogP contribution in [0.25, 0.3) is 0 Å². The highest BCUT2D eigenvalue weighted by atomic mass is 16.3. The fourth-order valence-corrected chi connectivity index (χ4v) is 2.01. The second-order valence-electron chi connectivity index (χ2n) is 4.33. The van der Waals surface area contributed by atoms with E-state index >= 15 is 0 Å². The van der Waals surface area contributed by atoms with Crippen LogP contribution in [-0.4, -0.2) is 35.5 Å². The highest BCUT2D eigenvalue weighted by Crippen LogP contribution is 2.23. The van der Waals surface area contributed by atoms with Gasteiger partial charge in [0, 0.05) is 13.1 Å². The molecule has 1 fully saturated rings. The molecule has 3 unspecified atom stereocenters. The predicted molar refractivity (Wildman–Crippen MR) is 57.1 cm³/mol. The first-order valence-electron chi connectivity index (χ1n) is 5.81. The Kier molecular flexibility index (Phi) is 5.45. The maximum Gasteiger partial charge on any atom is 0.0662 e. The van der Waals surface area contributed by atoms with Crippen molar-refractivity contribution in [1.29, 1.82) is 0 Å². The van der Waals surface area contributed by atoms with Crippen molar-refractivity contribution in [2.75, 3.05) is 13.1 Å². The highest BCUT2D eigenvalue weighted by molar-refractivity contribution is 4.76. The van der Waals surface area contributed by atoms with Crippen molar-refractivity contribution in [2.45, 2.75) is 51.2 Å². The Labute approximate surface area is 86.5 Å². The van der Waals surface area contributed by atoms with Crippen molar-refractivity contribution < 1.29 is 10.2 Å². The molecule has 0 aliphatic heterocycles. The van der Waals surface area contributed by atoms with Crippen molar-refractivity contribution in [2.24, 2.45) is 5.92 Å². The van der Waals surface area contributed by atoms with E-state index in [1.807, 2.05) is 6.92 Å². The van der Waals surface area contributed by atoms with Gasteiger partial charge in [-0.3, -0.25) is 0 Å². The molecule has 3 atom stereocenters. The summed E-state index contributed by atoms with van der Waals surface area (Å²) in [6.45, 7) is 3.47. The number of rotatable bonds is 5. The number of hydrogen-bond acceptors (Lipinski definition) is 3. The van der Waals surface area contributed by atoms with E-state index in [9.17, 15) is 10.2 Å². The molecule has 1 aliphatic rings. The van der Waals surface area contributed by atoms with Crippen LogP contribution >= 0.6 is 0 Å². The van der Waals surface area contributed by atoms with Gasteiger partial charge in [-0.2, -0.15) is 0 Å². The zero-order valence-corrected chi connectivity index (χ0v) is 9.08. The van der Waals surface area contributed by atoms with Crippen molar-refractivity contribution in [3.8, 4) is 0 Å². The Bertz CT molecular complexity index is 152. The Morgan fingerprint density at radius 1 is 1.36 bits per heavy atom. The zero-order valence-electron chi connectivity index (χ0n) is 9.08. The summed E-state index contributed by atoms with van der Waals surface area (Å²) in [6, 6.07) is 0. The molecule has 84 valence electrons. The monoisotopic (exact) mass is 201 g/mol. The van der Waals surface area contributed by atoms with Gasteiger partial charge >= 0.3 is 0 Å². The lowest BCUT2D eigenvalue weighted by Gasteiger charge is -2.28. The molecule has 3 nitrogen and oxygen atoms in total. The summed E-state index contributed by atoms with van der Waals surface area (Å²) in [4.78, 5) is 0. The first kappa shape index (κ1) is 12.0. The van der Waals surface area contributed by atoms with E-state index in [-0.39, 0.29) is 12.2 Å². The van der Waals surface area contributed by atoms with Crippen LogP contribution in [0.4, 0.5) is 0 Å². The van der Waals surface area contributed by atoms with Gasteiger partial charge in [-0.1, -0.05) is 19.8 Å². The van der Waals surface area contributed by atoms with Crippen LogP contribution in [-0.2, 0) is 0 Å². The molecule has 0 aromatic rings. The van der Waals surface area contributed by atoms with E-state index in [1.54, 1.807) is 0 Å². The topological polar surface area (TPSA) is 52.5 Å². The summed E-state index contributed by atoms with van der Waals surface area (Å²) in [5.74, 6) is 0.396. The minimum Gasteiger partial charge on any atom is -0.393 e. The van der Waals surface area contributed by atoms with Gasteiger partial charge in [0.05, 0.1) is 12.2 Å². The first-order valence-corrected chi connectivity index (χ1v) is 5.81. The van der Waals surface area contributed by atoms with E-state index < -0.39 is 0 Å². The summed E-state index contributed by atoms with van der Waals surface area (Å²) in [6.07, 6.45) is 4.89. The maximum absolute atomic E-state index is 9.69. The van der Waals surface area contributed by atoms with Crippen molar-refractivity contribution >= 4 is 0 Å². The SMILES string of the molecule is CCC(O)CNCC1CCCCC1O. The quantitative estimate of drug-likeness (QED) is 0.619. The van der Waals surface area contributed by atoms with Gasteiger partial charge in [0.2, 0.25) is 0 Å². The minimum absolute atomic E-state index is 0.130. The summed E-state index contributed by atoms with van der Waals surface area (Å²) in [5.41, 5.74) is 0. The van der Waals surface area contributed by atoms with Crippen molar-refractivity contribution in [3.05, 3.63) is 0 Å². The Morgan fingerprint density at radius 2 is 2.07 bits per heavy atom. The molecule has 14 heavy (non-hydrogen) atoms. The Morgan fingerprint density at radius 3 is 2.71 bits per heavy atom. The maximum atomic E-state index is 9.69. The second kappa shape index (κ2) is 6.38. The molecule has 0 saturated heterocycles. The molecule has 0 aromatic carbocycles. The average molecular weight is 201 g/mol. The molecular weight excluding hydrogens is 178 g/mol. The van der Waals surface area contributed by atoms with E-state index in [0.717, 1.165) is 32.2 Å². The lowest BCUT2D eigenvalue weighted by molar-refractivity contribution is 0.0668. The Balaban J connectivity index is 2.10. The smallest absolute Gasteiger partial charge is 0.0662 e. The third-order valence-electron chi connectivity index (χ3n) is 3.13. The molecule has 0 spiro atoms. The fourth-order valence-electron chi connectivity index (χ4n) is 2.01. The van der Waals surface area contributed by atoms with Crippen LogP contribution < -0.4 is 5.32 Å². The predicted octanol–water partition coefficient (Wildman–Crippen LogP) is 0.898. The summed E-state index contributed by atoms with van der Waals surface area (Å²) < 4.78 is 0. The van der Waals surface area contributed by atoms with Crippen LogP contribution in [0.1, 0.15) is 39.0 Å². The van der Waals surface area contributed by atoms with Crippen molar-refractivity contribution in [3.63, 3.8) is 0 Å². The normalized spacial score (nSPS) is 30.2. The molecular formula is C11H23NO2. The van der Waals surface area contributed by atoms with Crippen LogP contribution in [0.15, 0.2) is 0 Å². The van der Waals surface area contributed by atoms with Gasteiger partial charge in [-0.25, -0.2) is 0 Å². The Hall–Kier alpha value is -0.120. The molecule has 1 rings (SSSR count). The van der Waals surface area contributed by atoms with Gasteiger partial charge in [0.1, 0.15) is 0 Å². The number of nitrogens with one attached hydrogen (secondary N) is 1. The first-order chi connectivity index (χ1) is 6.74. The standard InChI is InChI=1S/C11H23NO2/c1-2-10(13)8-12-7-9-5-3-4-6-11(9)14/h9-14H,2-8H2,1H3. The summed E-state index contributed by atoms with van der Waals surface area (Å²) in [5, 5.41) is 22.2. The summed E-state index contributed by atoms with van der Waals surface area (Å²) >= 11 is 0. The van der Waals surface area contributed by atoms with Gasteiger partial charge in [-0.15, -0.1) is 0 Å². The second-order valence-corrected chi connectivity index (χ2v) is 4.33. The van der Waals surface area contributed by atoms with E-state index in [0.29, 0.717) is 12.5 Å². The lowest BCUT2D eigenvalue weighted by atomic mass is 9.86. The summed E-state index contributed by atoms with van der Waals surface area (Å²) in [7, 11) is 0. The van der Waals surface area contributed by atoms with E-state index in [1.165, 1.54) is 6.42 Å². The van der Waals surface area contributed by atoms with Gasteiger partial charge in [-0.05, 0) is 25.2 Å². The lowest BCUT2D eigenvalue weighted by Crippen LogP contribution is -2.36. The minimum atomic E-state index is -0.240. The van der Waals surface area contributed by atoms with Crippen LogP contribution in [0.3, 0.4) is 0 Å². The highest BCUT2D eigenvalue weighted by Gasteiger charge is 2.22. The van der Waals surface area contributed by atoms with Crippen LogP contribution in [0, 0.1) is 5.92 Å². The third-order valence-corrected chi connectivity index (χ3v) is 3.13. The number of aliphatic hydroxyl groups is 2. The third kappa shape index (κ3) is 3.95. The van der Waals surface area contributed by atoms with E-state index in [2.05, 4.69) is 5.32 Å². The molecule has 0 bridgehead atoms. The molecule has 0 amide bonds. The molecule has 3 N–H and O–H groups in total. The van der Waals surface area contributed by atoms with Crippen molar-refractivity contribution in [1.82, 2.24) is 5.32 Å². The van der Waals surface area contributed by atoms with Gasteiger partial charge in [0.25, 0.3) is 0 Å². The van der Waals surface area contributed by atoms with Crippen LogP contribution in [0.5, 0.6) is 0 Å². The number of aliphatic hydroxyl groups excluding tert-OH is 2. The van der Waals surface area contributed by atoms with Gasteiger partial charge in [0.15, 0.2) is 0 Å². The van der Waals surface area contributed by atoms with E-state index in [4.69, 9.17) is 0 Å². The zero-order chi connectivity index (χ0) is 10.4. The molecule has 0 aromatic heterocycles. The largest absolute Gasteiger partial charge is 0.393 e. The fraction of sp³-hybridized carbons (Fsp3) is 1.00.